The SMILES string of the molecule is Cc1cc(Cc2nc3cnc4ccc(C#N)cc4c3n2C2CCCC2)no1. The summed E-state index contributed by atoms with van der Waals surface area (Å²) in [5.41, 5.74) is 4.38. The summed E-state index contributed by atoms with van der Waals surface area (Å²) in [5, 5.41) is 14.5. The molecule has 1 aromatic carbocycles. The molecule has 0 N–H and O–H groups in total. The number of benzene rings is 1. The highest BCUT2D eigenvalue weighted by Gasteiger charge is 2.24. The fourth-order valence-corrected chi connectivity index (χ4v) is 4.24. The average Bonchev–Trinajstić information content (AvgIpc) is 3.41. The second kappa shape index (κ2) is 6.20. The number of rotatable bonds is 3. The van der Waals surface area contributed by atoms with Crippen molar-refractivity contribution in [2.75, 3.05) is 0 Å². The van der Waals surface area contributed by atoms with E-state index in [1.165, 1.54) is 12.8 Å². The van der Waals surface area contributed by atoms with Crippen molar-refractivity contribution in [3.05, 3.63) is 53.3 Å². The van der Waals surface area contributed by atoms with E-state index in [-0.39, 0.29) is 0 Å². The van der Waals surface area contributed by atoms with Crippen LogP contribution in [-0.2, 0) is 6.42 Å². The van der Waals surface area contributed by atoms with Gasteiger partial charge in [-0.1, -0.05) is 18.0 Å². The Bertz CT molecular complexity index is 1190. The largest absolute Gasteiger partial charge is 0.361 e. The maximum Gasteiger partial charge on any atom is 0.133 e. The van der Waals surface area contributed by atoms with Crippen molar-refractivity contribution in [2.24, 2.45) is 0 Å². The molecule has 0 unspecified atom stereocenters. The smallest absolute Gasteiger partial charge is 0.133 e. The molecule has 1 fully saturated rings. The van der Waals surface area contributed by atoms with Crippen molar-refractivity contribution >= 4 is 21.9 Å². The highest BCUT2D eigenvalue weighted by molar-refractivity contribution is 6.02. The Kier molecular flexibility index (Phi) is 3.68. The van der Waals surface area contributed by atoms with E-state index in [4.69, 9.17) is 9.51 Å². The van der Waals surface area contributed by atoms with E-state index in [1.54, 1.807) is 0 Å². The van der Waals surface area contributed by atoms with E-state index < -0.39 is 0 Å². The first-order valence-electron chi connectivity index (χ1n) is 9.35. The van der Waals surface area contributed by atoms with Gasteiger partial charge in [-0.25, -0.2) is 4.98 Å². The quantitative estimate of drug-likeness (QED) is 0.541. The predicted molar refractivity (Wildman–Crippen MR) is 101 cm³/mol. The van der Waals surface area contributed by atoms with Gasteiger partial charge in [0.05, 0.1) is 41.0 Å². The van der Waals surface area contributed by atoms with Crippen LogP contribution in [0.15, 0.2) is 35.0 Å². The zero-order valence-corrected chi connectivity index (χ0v) is 15.1. The molecule has 1 saturated carbocycles. The van der Waals surface area contributed by atoms with Crippen molar-refractivity contribution in [1.29, 1.82) is 5.26 Å². The summed E-state index contributed by atoms with van der Waals surface area (Å²) in [6.07, 6.45) is 7.24. The van der Waals surface area contributed by atoms with Crippen molar-refractivity contribution < 1.29 is 4.52 Å². The van der Waals surface area contributed by atoms with Gasteiger partial charge in [0.1, 0.15) is 17.1 Å². The monoisotopic (exact) mass is 357 g/mol. The highest BCUT2D eigenvalue weighted by atomic mass is 16.5. The van der Waals surface area contributed by atoms with Gasteiger partial charge in [-0.15, -0.1) is 0 Å². The van der Waals surface area contributed by atoms with Crippen LogP contribution in [0.3, 0.4) is 0 Å². The number of hydrogen-bond acceptors (Lipinski definition) is 5. The summed E-state index contributed by atoms with van der Waals surface area (Å²) >= 11 is 0. The lowest BCUT2D eigenvalue weighted by Crippen LogP contribution is -2.10. The van der Waals surface area contributed by atoms with Gasteiger partial charge >= 0.3 is 0 Å². The maximum absolute atomic E-state index is 9.34. The number of pyridine rings is 1. The molecule has 1 aliphatic rings. The molecule has 3 aromatic heterocycles. The molecule has 134 valence electrons. The van der Waals surface area contributed by atoms with Gasteiger partial charge in [-0.3, -0.25) is 4.98 Å². The second-order valence-corrected chi connectivity index (χ2v) is 7.28. The second-order valence-electron chi connectivity index (χ2n) is 7.28. The van der Waals surface area contributed by atoms with Crippen LogP contribution >= 0.6 is 0 Å². The summed E-state index contributed by atoms with van der Waals surface area (Å²) in [6.45, 7) is 1.90. The average molecular weight is 357 g/mol. The van der Waals surface area contributed by atoms with Crippen LogP contribution in [0.4, 0.5) is 0 Å². The molecule has 27 heavy (non-hydrogen) atoms. The van der Waals surface area contributed by atoms with Gasteiger partial charge in [0.2, 0.25) is 0 Å². The van der Waals surface area contributed by atoms with Gasteiger partial charge in [-0.2, -0.15) is 5.26 Å². The molecule has 0 bridgehead atoms. The molecule has 0 aliphatic heterocycles. The Morgan fingerprint density at radius 3 is 2.81 bits per heavy atom. The van der Waals surface area contributed by atoms with E-state index in [0.717, 1.165) is 52.1 Å². The Morgan fingerprint density at radius 1 is 1.22 bits per heavy atom. The standard InChI is InChI=1S/C21H19N5O/c1-13-8-15(25-27-13)10-20-24-19-12-23-18-7-6-14(11-22)9-17(18)21(19)26(20)16-4-2-3-5-16/h6-9,12,16H,2-5,10H2,1H3. The van der Waals surface area contributed by atoms with Crippen molar-refractivity contribution in [3.8, 4) is 6.07 Å². The lowest BCUT2D eigenvalue weighted by atomic mass is 10.1. The fourth-order valence-electron chi connectivity index (χ4n) is 4.24. The van der Waals surface area contributed by atoms with Crippen LogP contribution in [0.5, 0.6) is 0 Å². The molecule has 3 heterocycles. The summed E-state index contributed by atoms with van der Waals surface area (Å²) < 4.78 is 7.61. The maximum atomic E-state index is 9.34. The number of fused-ring (bicyclic) bond motifs is 3. The Morgan fingerprint density at radius 2 is 2.07 bits per heavy atom. The molecule has 6 nitrogen and oxygen atoms in total. The summed E-state index contributed by atoms with van der Waals surface area (Å²) in [5.74, 6) is 1.79. The highest BCUT2D eigenvalue weighted by Crippen LogP contribution is 2.36. The minimum absolute atomic E-state index is 0.425. The Hall–Kier alpha value is -3.20. The van der Waals surface area contributed by atoms with Crippen LogP contribution in [0.2, 0.25) is 0 Å². The molecule has 6 heteroatoms. The van der Waals surface area contributed by atoms with Gasteiger partial charge in [0, 0.05) is 17.5 Å². The fraction of sp³-hybridized carbons (Fsp3) is 0.333. The Labute approximate surface area is 156 Å². The van der Waals surface area contributed by atoms with Crippen molar-refractivity contribution in [1.82, 2.24) is 19.7 Å². The summed E-state index contributed by atoms with van der Waals surface area (Å²) in [6, 6.07) is 10.3. The van der Waals surface area contributed by atoms with Crippen LogP contribution in [0.25, 0.3) is 21.9 Å². The summed E-state index contributed by atoms with van der Waals surface area (Å²) in [4.78, 5) is 9.46. The lowest BCUT2D eigenvalue weighted by molar-refractivity contribution is 0.390. The van der Waals surface area contributed by atoms with E-state index >= 15 is 0 Å². The van der Waals surface area contributed by atoms with E-state index in [2.05, 4.69) is 20.8 Å². The zero-order valence-electron chi connectivity index (χ0n) is 15.1. The van der Waals surface area contributed by atoms with Gasteiger partial charge in [-0.05, 0) is 38.0 Å². The number of aryl methyl sites for hydroxylation is 1. The third-order valence-electron chi connectivity index (χ3n) is 5.42. The van der Waals surface area contributed by atoms with Crippen LogP contribution in [-0.4, -0.2) is 19.7 Å². The predicted octanol–water partition coefficient (Wildman–Crippen LogP) is 4.46. The first kappa shape index (κ1) is 16.0. The van der Waals surface area contributed by atoms with Crippen molar-refractivity contribution in [2.45, 2.75) is 45.1 Å². The van der Waals surface area contributed by atoms with Crippen LogP contribution in [0, 0.1) is 18.3 Å². The number of imidazole rings is 1. The van der Waals surface area contributed by atoms with Gasteiger partial charge < -0.3 is 9.09 Å². The molecule has 1 aliphatic carbocycles. The normalized spacial score (nSPS) is 15.0. The minimum atomic E-state index is 0.425. The third kappa shape index (κ3) is 2.67. The molecule has 5 rings (SSSR count). The molecule has 0 saturated heterocycles. The molecule has 0 atom stereocenters. The van der Waals surface area contributed by atoms with Gasteiger partial charge in [0.25, 0.3) is 0 Å². The van der Waals surface area contributed by atoms with Gasteiger partial charge in [0.15, 0.2) is 0 Å². The molecular weight excluding hydrogens is 338 g/mol. The lowest BCUT2D eigenvalue weighted by Gasteiger charge is -2.17. The number of nitriles is 1. The number of nitrogens with zero attached hydrogens (tertiary/aromatic N) is 5. The van der Waals surface area contributed by atoms with Crippen molar-refractivity contribution in [3.63, 3.8) is 0 Å². The van der Waals surface area contributed by atoms with Crippen LogP contribution in [0.1, 0.15) is 54.6 Å². The number of hydrogen-bond donors (Lipinski definition) is 0. The zero-order chi connectivity index (χ0) is 18.4. The molecular formula is C21H19N5O. The molecule has 0 spiro atoms. The topological polar surface area (TPSA) is 80.5 Å². The van der Waals surface area contributed by atoms with E-state index in [1.807, 2.05) is 37.4 Å². The Balaban J connectivity index is 1.77. The van der Waals surface area contributed by atoms with Crippen LogP contribution < -0.4 is 0 Å². The number of aromatic nitrogens is 4. The first-order valence-corrected chi connectivity index (χ1v) is 9.35. The first-order chi connectivity index (χ1) is 13.2. The van der Waals surface area contributed by atoms with E-state index in [0.29, 0.717) is 18.0 Å². The third-order valence-corrected chi connectivity index (χ3v) is 5.42. The summed E-state index contributed by atoms with van der Waals surface area (Å²) in [7, 11) is 0. The molecule has 4 aromatic rings. The molecule has 0 radical (unpaired) electrons. The minimum Gasteiger partial charge on any atom is -0.361 e. The molecule has 0 amide bonds. The van der Waals surface area contributed by atoms with E-state index in [9.17, 15) is 5.26 Å².